The minimum atomic E-state index is 0.213. The molecule has 17 heavy (non-hydrogen) atoms. The fraction of sp³-hybridized carbons (Fsp3) is 0.357. The minimum absolute atomic E-state index is 0.213. The molecule has 1 saturated carbocycles. The zero-order valence-corrected chi connectivity index (χ0v) is 10.2. The summed E-state index contributed by atoms with van der Waals surface area (Å²) < 4.78 is 1.91. The topological polar surface area (TPSA) is 43.8 Å². The maximum Gasteiger partial charge on any atom is 0.0645 e. The van der Waals surface area contributed by atoms with E-state index in [0.717, 1.165) is 5.69 Å². The number of hydrogen-bond acceptors (Lipinski definition) is 2. The largest absolute Gasteiger partial charge is 0.327 e. The molecule has 2 aromatic rings. The quantitative estimate of drug-likeness (QED) is 0.855. The summed E-state index contributed by atoms with van der Waals surface area (Å²) in [5.41, 5.74) is 8.63. The van der Waals surface area contributed by atoms with Crippen molar-refractivity contribution in [3.05, 3.63) is 48.3 Å². The van der Waals surface area contributed by atoms with E-state index in [-0.39, 0.29) is 11.5 Å². The first-order chi connectivity index (χ1) is 8.10. The van der Waals surface area contributed by atoms with Gasteiger partial charge in [0, 0.05) is 18.2 Å². The monoisotopic (exact) mass is 227 g/mol. The van der Waals surface area contributed by atoms with Gasteiger partial charge in [-0.25, -0.2) is 4.68 Å². The van der Waals surface area contributed by atoms with Crippen LogP contribution in [0.3, 0.4) is 0 Å². The molecule has 88 valence electrons. The van der Waals surface area contributed by atoms with Crippen molar-refractivity contribution in [1.29, 1.82) is 0 Å². The maximum atomic E-state index is 6.09. The predicted octanol–water partition coefficient (Wildman–Crippen LogP) is 2.32. The molecule has 2 atom stereocenters. The Balaban J connectivity index is 1.90. The highest BCUT2D eigenvalue weighted by atomic mass is 15.3. The molecule has 1 aromatic heterocycles. The number of hydrogen-bond donors (Lipinski definition) is 1. The lowest BCUT2D eigenvalue weighted by molar-refractivity contribution is 0.599. The molecule has 0 amide bonds. The van der Waals surface area contributed by atoms with Crippen LogP contribution in [0, 0.1) is 5.41 Å². The molecule has 1 fully saturated rings. The maximum absolute atomic E-state index is 6.09. The van der Waals surface area contributed by atoms with E-state index in [1.54, 1.807) is 0 Å². The number of aromatic nitrogens is 2. The molecule has 3 nitrogen and oxygen atoms in total. The smallest absolute Gasteiger partial charge is 0.0645 e. The van der Waals surface area contributed by atoms with Crippen molar-refractivity contribution in [3.8, 4) is 5.69 Å². The SMILES string of the molecule is CC1(C)[C@H](N)[C@H]1c1cnn(-c2ccccc2)c1. The van der Waals surface area contributed by atoms with Crippen molar-refractivity contribution >= 4 is 0 Å². The molecule has 0 spiro atoms. The first-order valence-corrected chi connectivity index (χ1v) is 5.96. The second kappa shape index (κ2) is 3.44. The second-order valence-electron chi connectivity index (χ2n) is 5.38. The lowest BCUT2D eigenvalue weighted by atomic mass is 10.1. The average molecular weight is 227 g/mol. The molecule has 0 radical (unpaired) electrons. The van der Waals surface area contributed by atoms with Crippen molar-refractivity contribution in [2.24, 2.45) is 11.1 Å². The van der Waals surface area contributed by atoms with Crippen LogP contribution in [-0.2, 0) is 0 Å². The highest BCUT2D eigenvalue weighted by Gasteiger charge is 2.56. The van der Waals surface area contributed by atoms with Crippen LogP contribution in [0.4, 0.5) is 0 Å². The van der Waals surface area contributed by atoms with E-state index in [0.29, 0.717) is 5.92 Å². The lowest BCUT2D eigenvalue weighted by Gasteiger charge is -2.00. The third-order valence-corrected chi connectivity index (χ3v) is 3.89. The van der Waals surface area contributed by atoms with Crippen LogP contribution in [-0.4, -0.2) is 15.8 Å². The average Bonchev–Trinajstić information content (AvgIpc) is 2.72. The predicted molar refractivity (Wildman–Crippen MR) is 68.1 cm³/mol. The summed E-state index contributed by atoms with van der Waals surface area (Å²) in [4.78, 5) is 0. The Kier molecular flexibility index (Phi) is 2.13. The Bertz CT molecular complexity index is 527. The van der Waals surface area contributed by atoms with E-state index in [4.69, 9.17) is 5.73 Å². The molecule has 0 unspecified atom stereocenters. The summed E-state index contributed by atoms with van der Waals surface area (Å²) in [6, 6.07) is 10.4. The van der Waals surface area contributed by atoms with E-state index in [9.17, 15) is 0 Å². The van der Waals surface area contributed by atoms with E-state index < -0.39 is 0 Å². The first-order valence-electron chi connectivity index (χ1n) is 5.96. The van der Waals surface area contributed by atoms with Gasteiger partial charge in [0.2, 0.25) is 0 Å². The lowest BCUT2D eigenvalue weighted by Crippen LogP contribution is -2.06. The number of para-hydroxylation sites is 1. The van der Waals surface area contributed by atoms with Crippen LogP contribution in [0.2, 0.25) is 0 Å². The molecule has 1 aliphatic rings. The van der Waals surface area contributed by atoms with Crippen LogP contribution in [0.15, 0.2) is 42.7 Å². The van der Waals surface area contributed by atoms with Crippen molar-refractivity contribution < 1.29 is 0 Å². The molecule has 0 bridgehead atoms. The highest BCUT2D eigenvalue weighted by molar-refractivity contribution is 5.35. The summed E-state index contributed by atoms with van der Waals surface area (Å²) in [6.07, 6.45) is 4.03. The molecule has 3 rings (SSSR count). The Morgan fingerprint density at radius 1 is 1.24 bits per heavy atom. The van der Waals surface area contributed by atoms with Crippen LogP contribution in [0.1, 0.15) is 25.3 Å². The van der Waals surface area contributed by atoms with Crippen molar-refractivity contribution in [3.63, 3.8) is 0 Å². The first kappa shape index (κ1) is 10.5. The number of nitrogens with zero attached hydrogens (tertiary/aromatic N) is 2. The number of rotatable bonds is 2. The minimum Gasteiger partial charge on any atom is -0.327 e. The Morgan fingerprint density at radius 2 is 1.88 bits per heavy atom. The van der Waals surface area contributed by atoms with Gasteiger partial charge in [-0.1, -0.05) is 32.0 Å². The molecule has 3 heteroatoms. The van der Waals surface area contributed by atoms with Crippen LogP contribution in [0.5, 0.6) is 0 Å². The summed E-state index contributed by atoms with van der Waals surface area (Å²) in [6.45, 7) is 4.42. The summed E-state index contributed by atoms with van der Waals surface area (Å²) in [5.74, 6) is 0.444. The van der Waals surface area contributed by atoms with E-state index in [1.165, 1.54) is 5.56 Å². The molecule has 1 aliphatic carbocycles. The standard InChI is InChI=1S/C14H17N3/c1-14(2)12(13(14)15)10-8-16-17(9-10)11-6-4-3-5-7-11/h3-9,12-13H,15H2,1-2H3/t12-,13-/m1/s1. The van der Waals surface area contributed by atoms with Gasteiger partial charge in [-0.3, -0.25) is 0 Å². The third kappa shape index (κ3) is 1.58. The van der Waals surface area contributed by atoms with Gasteiger partial charge in [-0.05, 0) is 23.1 Å². The van der Waals surface area contributed by atoms with Gasteiger partial charge >= 0.3 is 0 Å². The summed E-state index contributed by atoms with van der Waals surface area (Å²) in [5, 5.41) is 4.41. The highest BCUT2D eigenvalue weighted by Crippen LogP contribution is 2.57. The van der Waals surface area contributed by atoms with E-state index in [1.807, 2.05) is 29.1 Å². The van der Waals surface area contributed by atoms with E-state index >= 15 is 0 Å². The third-order valence-electron chi connectivity index (χ3n) is 3.89. The zero-order chi connectivity index (χ0) is 12.0. The van der Waals surface area contributed by atoms with Crippen molar-refractivity contribution in [2.75, 3.05) is 0 Å². The molecular weight excluding hydrogens is 210 g/mol. The molecule has 1 aromatic carbocycles. The van der Waals surface area contributed by atoms with Crippen LogP contribution < -0.4 is 5.73 Å². The van der Waals surface area contributed by atoms with Gasteiger partial charge in [0.15, 0.2) is 0 Å². The fourth-order valence-corrected chi connectivity index (χ4v) is 2.53. The summed E-state index contributed by atoms with van der Waals surface area (Å²) >= 11 is 0. The Labute approximate surface area is 101 Å². The van der Waals surface area contributed by atoms with Crippen LogP contribution in [0.25, 0.3) is 5.69 Å². The van der Waals surface area contributed by atoms with Gasteiger partial charge in [0.1, 0.15) is 0 Å². The molecule has 2 N–H and O–H groups in total. The molecule has 0 saturated heterocycles. The van der Waals surface area contributed by atoms with Gasteiger partial charge < -0.3 is 5.73 Å². The number of nitrogens with two attached hydrogens (primary N) is 1. The van der Waals surface area contributed by atoms with Gasteiger partial charge in [0.25, 0.3) is 0 Å². The fourth-order valence-electron chi connectivity index (χ4n) is 2.53. The molecule has 1 heterocycles. The molecular formula is C14H17N3. The second-order valence-corrected chi connectivity index (χ2v) is 5.38. The molecule has 0 aliphatic heterocycles. The van der Waals surface area contributed by atoms with E-state index in [2.05, 4.69) is 37.3 Å². The van der Waals surface area contributed by atoms with Crippen molar-refractivity contribution in [1.82, 2.24) is 9.78 Å². The normalized spacial score (nSPS) is 25.8. The van der Waals surface area contributed by atoms with Gasteiger partial charge in [-0.2, -0.15) is 5.10 Å². The zero-order valence-electron chi connectivity index (χ0n) is 10.2. The van der Waals surface area contributed by atoms with Crippen LogP contribution >= 0.6 is 0 Å². The van der Waals surface area contributed by atoms with Gasteiger partial charge in [0.05, 0.1) is 11.9 Å². The summed E-state index contributed by atoms with van der Waals surface area (Å²) in [7, 11) is 0. The Morgan fingerprint density at radius 3 is 2.47 bits per heavy atom. The van der Waals surface area contributed by atoms with Gasteiger partial charge in [-0.15, -0.1) is 0 Å². The van der Waals surface area contributed by atoms with Crippen molar-refractivity contribution in [2.45, 2.75) is 25.8 Å². The number of benzene rings is 1. The Hall–Kier alpha value is -1.61.